The molecule has 1 radical (unpaired) electrons. The van der Waals surface area contributed by atoms with E-state index in [1.807, 2.05) is 25.1 Å². The standard InChI is InChI=1S/C15H14ClN3O2.3C4H9.Sn/c1-19(2)10-7-8-14(12(16)9-10)18-17-13-6-4-3-5-11(13)15(20)21;3*1-3-4-2;/h3-9H,1-2H3,(H,20,21);3*1,3-4H2,2H3;. The molecule has 5 nitrogen and oxygen atoms in total. The Morgan fingerprint density at radius 1 is 0.882 bits per heavy atom. The van der Waals surface area contributed by atoms with Gasteiger partial charge in [0.2, 0.25) is 0 Å². The van der Waals surface area contributed by atoms with Crippen molar-refractivity contribution in [2.24, 2.45) is 10.2 Å². The van der Waals surface area contributed by atoms with Crippen LogP contribution in [0.5, 0.6) is 0 Å². The molecular weight excluding hydrogens is 552 g/mol. The second-order valence-electron chi connectivity index (χ2n) is 8.61. The number of unbranched alkanes of at least 4 members (excludes halogenated alkanes) is 3. The maximum absolute atomic E-state index is 11.1. The molecule has 0 fully saturated rings. The predicted molar refractivity (Wildman–Crippen MR) is 148 cm³/mol. The molecule has 0 bridgehead atoms. The van der Waals surface area contributed by atoms with Gasteiger partial charge in [-0.2, -0.15) is 0 Å². The summed E-state index contributed by atoms with van der Waals surface area (Å²) in [5.41, 5.74) is 1.83. The van der Waals surface area contributed by atoms with E-state index in [2.05, 4.69) is 31.0 Å². The van der Waals surface area contributed by atoms with Crippen molar-refractivity contribution in [1.82, 2.24) is 0 Å². The number of nitrogens with zero attached hydrogens (tertiary/aromatic N) is 3. The van der Waals surface area contributed by atoms with E-state index < -0.39 is 25.7 Å². The van der Waals surface area contributed by atoms with Crippen LogP contribution in [0.1, 0.15) is 69.7 Å². The molecule has 0 saturated carbocycles. The molecule has 2 aromatic rings. The van der Waals surface area contributed by atoms with Crippen molar-refractivity contribution in [2.75, 3.05) is 19.0 Å². The van der Waals surface area contributed by atoms with Gasteiger partial charge in [-0.3, -0.25) is 0 Å². The molecule has 187 valence electrons. The molecule has 0 aromatic heterocycles. The Morgan fingerprint density at radius 2 is 1.41 bits per heavy atom. The van der Waals surface area contributed by atoms with Crippen molar-refractivity contribution < 1.29 is 9.90 Å². The number of rotatable bonds is 13. The van der Waals surface area contributed by atoms with Gasteiger partial charge in [0.05, 0.1) is 10.6 Å². The third-order valence-corrected chi connectivity index (χ3v) is 14.9. The topological polar surface area (TPSA) is 65.3 Å². The Balaban J connectivity index is 0.000000385. The van der Waals surface area contributed by atoms with E-state index in [0.717, 1.165) is 5.69 Å². The van der Waals surface area contributed by atoms with Crippen LogP contribution in [0.4, 0.5) is 17.1 Å². The number of carboxylic acids is 1. The van der Waals surface area contributed by atoms with Gasteiger partial charge in [-0.05, 0) is 30.3 Å². The Kier molecular flexibility index (Phi) is 15.9. The molecule has 2 rings (SSSR count). The average molecular weight is 594 g/mol. The summed E-state index contributed by atoms with van der Waals surface area (Å²) in [5.74, 6) is -1.04. The van der Waals surface area contributed by atoms with Gasteiger partial charge in [-0.1, -0.05) is 23.7 Å². The summed E-state index contributed by atoms with van der Waals surface area (Å²) in [4.78, 5) is 13.0. The minimum absolute atomic E-state index is 0.0993. The van der Waals surface area contributed by atoms with Crippen LogP contribution in [0.15, 0.2) is 52.7 Å². The Hall–Kier alpha value is -1.60. The quantitative estimate of drug-likeness (QED) is 0.186. The minimum atomic E-state index is -1.04. The fraction of sp³-hybridized carbons (Fsp3) is 0.519. The molecule has 0 aliphatic rings. The van der Waals surface area contributed by atoms with Gasteiger partial charge in [0, 0.05) is 19.8 Å². The molecule has 0 atom stereocenters. The van der Waals surface area contributed by atoms with Gasteiger partial charge >= 0.3 is 98.3 Å². The molecule has 0 aliphatic carbocycles. The molecule has 0 unspecified atom stereocenters. The SMILES string of the molecule is CCC[CH2][Sn]([CH2]CCC)[CH2]CCC.CN(C)c1ccc(N=Nc2ccccc2C(=O)O)c(Cl)c1. The van der Waals surface area contributed by atoms with Crippen LogP contribution in [0.3, 0.4) is 0 Å². The number of anilines is 1. The normalized spacial score (nSPS) is 10.9. The third-order valence-electron chi connectivity index (χ3n) is 5.50. The molecule has 0 aliphatic heterocycles. The summed E-state index contributed by atoms with van der Waals surface area (Å²) in [7, 11) is 3.83. The summed E-state index contributed by atoms with van der Waals surface area (Å²) in [6, 6.07) is 11.8. The van der Waals surface area contributed by atoms with E-state index in [-0.39, 0.29) is 11.3 Å². The van der Waals surface area contributed by atoms with Crippen LogP contribution < -0.4 is 4.90 Å². The molecule has 0 heterocycles. The fourth-order valence-electron chi connectivity index (χ4n) is 3.36. The van der Waals surface area contributed by atoms with E-state index in [4.69, 9.17) is 16.7 Å². The number of aromatic carboxylic acids is 1. The number of halogens is 1. The Bertz CT molecular complexity index is 871. The zero-order valence-electron chi connectivity index (χ0n) is 21.5. The van der Waals surface area contributed by atoms with Crippen LogP contribution in [0.2, 0.25) is 18.3 Å². The van der Waals surface area contributed by atoms with Crippen LogP contribution in [-0.4, -0.2) is 44.9 Å². The van der Waals surface area contributed by atoms with Crippen molar-refractivity contribution in [3.63, 3.8) is 0 Å². The molecule has 0 saturated heterocycles. The van der Waals surface area contributed by atoms with Gasteiger partial charge in [-0.25, -0.2) is 4.79 Å². The van der Waals surface area contributed by atoms with Crippen LogP contribution in [0, 0.1) is 0 Å². The van der Waals surface area contributed by atoms with Crippen molar-refractivity contribution >= 4 is 54.4 Å². The average Bonchev–Trinajstić information content (AvgIpc) is 2.83. The van der Waals surface area contributed by atoms with E-state index >= 15 is 0 Å². The smallest absolute Gasteiger partial charge is 0.337 e. The zero-order valence-corrected chi connectivity index (χ0v) is 25.1. The molecular formula is C27H41ClN3O2Sn. The largest absolute Gasteiger partial charge is 0.478 e. The summed E-state index contributed by atoms with van der Waals surface area (Å²) < 4.78 is 5.04. The number of carbonyl (C=O) groups is 1. The maximum Gasteiger partial charge on any atom is 0.337 e. The summed E-state index contributed by atoms with van der Waals surface area (Å²) in [6.07, 6.45) is 8.85. The fourth-order valence-corrected chi connectivity index (χ4v) is 13.0. The van der Waals surface area contributed by atoms with Crippen LogP contribution in [-0.2, 0) is 0 Å². The minimum Gasteiger partial charge on any atom is -0.478 e. The van der Waals surface area contributed by atoms with E-state index in [1.165, 1.54) is 44.6 Å². The second-order valence-corrected chi connectivity index (χ2v) is 17.6. The zero-order chi connectivity index (χ0) is 25.3. The van der Waals surface area contributed by atoms with Crippen LogP contribution >= 0.6 is 11.6 Å². The van der Waals surface area contributed by atoms with Gasteiger partial charge in [0.15, 0.2) is 0 Å². The van der Waals surface area contributed by atoms with E-state index in [1.54, 1.807) is 43.6 Å². The first kappa shape index (κ1) is 30.4. The summed E-state index contributed by atoms with van der Waals surface area (Å²) in [5, 5.41) is 17.5. The van der Waals surface area contributed by atoms with Gasteiger partial charge < -0.3 is 10.0 Å². The first-order valence-corrected chi connectivity index (χ1v) is 18.8. The number of benzene rings is 2. The maximum atomic E-state index is 11.1. The second kappa shape index (κ2) is 17.8. The predicted octanol–water partition coefficient (Wildman–Crippen LogP) is 9.40. The van der Waals surface area contributed by atoms with E-state index in [0.29, 0.717) is 10.7 Å². The molecule has 1 N–H and O–H groups in total. The van der Waals surface area contributed by atoms with Crippen molar-refractivity contribution in [3.8, 4) is 0 Å². The van der Waals surface area contributed by atoms with Crippen LogP contribution in [0.25, 0.3) is 0 Å². The summed E-state index contributed by atoms with van der Waals surface area (Å²) in [6.45, 7) is 7.00. The monoisotopic (exact) mass is 594 g/mol. The molecule has 34 heavy (non-hydrogen) atoms. The first-order valence-electron chi connectivity index (χ1n) is 12.4. The van der Waals surface area contributed by atoms with E-state index in [9.17, 15) is 4.79 Å². The summed E-state index contributed by atoms with van der Waals surface area (Å²) >= 11 is 5.31. The Labute approximate surface area is 218 Å². The first-order chi connectivity index (χ1) is 16.3. The van der Waals surface area contributed by atoms with Crippen molar-refractivity contribution in [2.45, 2.75) is 72.6 Å². The number of hydrogen-bond donors (Lipinski definition) is 1. The third kappa shape index (κ3) is 11.7. The molecule has 0 amide bonds. The number of hydrogen-bond acceptors (Lipinski definition) is 4. The molecule has 0 spiro atoms. The van der Waals surface area contributed by atoms with Crippen molar-refractivity contribution in [3.05, 3.63) is 53.1 Å². The molecule has 7 heteroatoms. The number of azo groups is 1. The molecule has 2 aromatic carbocycles. The van der Waals surface area contributed by atoms with Gasteiger partial charge in [0.25, 0.3) is 0 Å². The number of carboxylic acid groups (broad SMARTS) is 1. The van der Waals surface area contributed by atoms with Gasteiger partial charge in [-0.15, -0.1) is 10.2 Å². The Morgan fingerprint density at radius 3 is 1.88 bits per heavy atom. The van der Waals surface area contributed by atoms with Crippen molar-refractivity contribution in [1.29, 1.82) is 0 Å². The van der Waals surface area contributed by atoms with Gasteiger partial charge in [0.1, 0.15) is 11.4 Å².